The van der Waals surface area contributed by atoms with Gasteiger partial charge in [-0.05, 0) is 44.8 Å². The summed E-state index contributed by atoms with van der Waals surface area (Å²) >= 11 is 0. The molecule has 1 amide bonds. The van der Waals surface area contributed by atoms with Crippen molar-refractivity contribution in [2.24, 2.45) is 0 Å². The fraction of sp³-hybridized carbons (Fsp3) is 0.360. The average molecular weight is 436 g/mol. The lowest BCUT2D eigenvalue weighted by atomic mass is 9.94. The summed E-state index contributed by atoms with van der Waals surface area (Å²) in [5, 5.41) is 11.3. The number of hydrogen-bond acceptors (Lipinski definition) is 6. The highest BCUT2D eigenvalue weighted by Crippen LogP contribution is 2.41. The van der Waals surface area contributed by atoms with Crippen LogP contribution in [0, 0.1) is 6.92 Å². The van der Waals surface area contributed by atoms with E-state index >= 15 is 0 Å². The predicted molar refractivity (Wildman–Crippen MR) is 124 cm³/mol. The van der Waals surface area contributed by atoms with Crippen LogP contribution in [0.5, 0.6) is 5.75 Å². The Morgan fingerprint density at radius 3 is 2.69 bits per heavy atom. The van der Waals surface area contributed by atoms with E-state index in [-0.39, 0.29) is 11.3 Å². The highest BCUT2D eigenvalue weighted by atomic mass is 16.5. The van der Waals surface area contributed by atoms with Crippen LogP contribution in [0.1, 0.15) is 22.7 Å². The van der Waals surface area contributed by atoms with Gasteiger partial charge in [0.05, 0.1) is 23.8 Å². The zero-order valence-electron chi connectivity index (χ0n) is 19.0. The van der Waals surface area contributed by atoms with Crippen molar-refractivity contribution in [2.45, 2.75) is 13.0 Å². The van der Waals surface area contributed by atoms with E-state index in [9.17, 15) is 14.7 Å². The molecule has 32 heavy (non-hydrogen) atoms. The monoisotopic (exact) mass is 435 g/mol. The maximum atomic E-state index is 13.1. The summed E-state index contributed by atoms with van der Waals surface area (Å²) < 4.78 is 5.69. The topological polar surface area (TPSA) is 73.3 Å². The summed E-state index contributed by atoms with van der Waals surface area (Å²) in [6.07, 6.45) is 0. The van der Waals surface area contributed by atoms with E-state index < -0.39 is 17.7 Å². The number of amides is 1. The van der Waals surface area contributed by atoms with Crippen molar-refractivity contribution in [3.05, 3.63) is 64.7 Å². The molecule has 1 atom stereocenters. The number of ketones is 1. The van der Waals surface area contributed by atoms with Crippen LogP contribution in [0.2, 0.25) is 0 Å². The molecule has 1 N–H and O–H groups in total. The average Bonchev–Trinajstić information content (AvgIpc) is 3.02. The van der Waals surface area contributed by atoms with Crippen LogP contribution in [-0.2, 0) is 9.59 Å². The number of fused-ring (bicyclic) bond motifs is 1. The smallest absolute Gasteiger partial charge is 0.295 e. The summed E-state index contributed by atoms with van der Waals surface area (Å²) in [4.78, 5) is 31.7. The molecule has 2 aromatic rings. The van der Waals surface area contributed by atoms with Gasteiger partial charge in [-0.2, -0.15) is 0 Å². The number of anilines is 1. The largest absolute Gasteiger partial charge is 0.507 e. The third-order valence-corrected chi connectivity index (χ3v) is 6.01. The first-order valence-electron chi connectivity index (χ1n) is 10.8. The molecule has 1 fully saturated rings. The first kappa shape index (κ1) is 21.9. The van der Waals surface area contributed by atoms with Gasteiger partial charge in [-0.3, -0.25) is 9.59 Å². The maximum Gasteiger partial charge on any atom is 0.295 e. The first-order valence-corrected chi connectivity index (χ1v) is 10.8. The zero-order valence-corrected chi connectivity index (χ0v) is 19.0. The van der Waals surface area contributed by atoms with Crippen molar-refractivity contribution in [1.82, 2.24) is 9.80 Å². The zero-order chi connectivity index (χ0) is 23.0. The number of hydrogen-bond donors (Lipinski definition) is 1. The van der Waals surface area contributed by atoms with Gasteiger partial charge in [0, 0.05) is 25.7 Å². The Morgan fingerprint density at radius 1 is 1.19 bits per heavy atom. The van der Waals surface area contributed by atoms with Crippen LogP contribution in [0.25, 0.3) is 5.76 Å². The highest BCUT2D eigenvalue weighted by Gasteiger charge is 2.46. The number of ether oxygens (including phenoxy) is 1. The number of benzene rings is 2. The molecule has 0 spiro atoms. The van der Waals surface area contributed by atoms with Crippen molar-refractivity contribution in [1.29, 1.82) is 0 Å². The Balaban J connectivity index is 1.84. The van der Waals surface area contributed by atoms with E-state index in [2.05, 4.69) is 0 Å². The Bertz CT molecular complexity index is 1090. The Hall–Kier alpha value is -3.32. The number of aliphatic hydroxyl groups is 1. The summed E-state index contributed by atoms with van der Waals surface area (Å²) in [6, 6.07) is 12.4. The van der Waals surface area contributed by atoms with Crippen molar-refractivity contribution < 1.29 is 19.4 Å². The van der Waals surface area contributed by atoms with E-state index in [1.165, 1.54) is 0 Å². The molecule has 2 aromatic carbocycles. The molecule has 1 unspecified atom stereocenters. The summed E-state index contributed by atoms with van der Waals surface area (Å²) in [7, 11) is 5.80. The number of carbonyl (C=O) groups excluding carboxylic acids is 2. The molecule has 1 saturated heterocycles. The molecule has 2 heterocycles. The predicted octanol–water partition coefficient (Wildman–Crippen LogP) is 2.81. The van der Waals surface area contributed by atoms with Crippen LogP contribution in [0.15, 0.2) is 48.0 Å². The Kier molecular flexibility index (Phi) is 5.93. The molecule has 0 saturated carbocycles. The number of likely N-dealkylation sites (tertiary alicyclic amines) is 1. The SMILES string of the molecule is Cc1cccc(C2/C(=C(/O)c3ccc4c(c3)N(C)CCO4)C(=O)C(=O)N2CCN(C)C)c1. The molecule has 2 aliphatic heterocycles. The number of aliphatic hydroxyl groups excluding tert-OH is 1. The van der Waals surface area contributed by atoms with E-state index in [0.717, 1.165) is 29.1 Å². The molecule has 0 aromatic heterocycles. The van der Waals surface area contributed by atoms with Crippen LogP contribution in [0.3, 0.4) is 0 Å². The summed E-state index contributed by atoms with van der Waals surface area (Å²) in [5.74, 6) is -0.672. The highest BCUT2D eigenvalue weighted by molar-refractivity contribution is 6.46. The Labute approximate surface area is 188 Å². The molecule has 0 bridgehead atoms. The normalized spacial score (nSPS) is 20.0. The fourth-order valence-electron chi connectivity index (χ4n) is 4.26. The van der Waals surface area contributed by atoms with E-state index in [1.807, 2.05) is 68.2 Å². The first-order chi connectivity index (χ1) is 15.3. The quantitative estimate of drug-likeness (QED) is 0.442. The summed E-state index contributed by atoms with van der Waals surface area (Å²) in [5.41, 5.74) is 3.29. The van der Waals surface area contributed by atoms with E-state index in [1.54, 1.807) is 17.0 Å². The molecule has 0 aliphatic carbocycles. The maximum absolute atomic E-state index is 13.1. The van der Waals surface area contributed by atoms with Gasteiger partial charge in [-0.15, -0.1) is 0 Å². The Morgan fingerprint density at radius 2 is 1.97 bits per heavy atom. The number of Topliss-reactive ketones (excluding diaryl/α,β-unsaturated/α-hetero) is 1. The second-order valence-electron chi connectivity index (χ2n) is 8.66. The molecule has 7 heteroatoms. The van der Waals surface area contributed by atoms with Gasteiger partial charge in [0.2, 0.25) is 0 Å². The van der Waals surface area contributed by atoms with E-state index in [0.29, 0.717) is 25.3 Å². The van der Waals surface area contributed by atoms with Crippen molar-refractivity contribution in [3.8, 4) is 5.75 Å². The molecule has 0 radical (unpaired) electrons. The molecule has 168 valence electrons. The van der Waals surface area contributed by atoms with Crippen molar-refractivity contribution in [3.63, 3.8) is 0 Å². The summed E-state index contributed by atoms with van der Waals surface area (Å²) in [6.45, 7) is 4.29. The van der Waals surface area contributed by atoms with Gasteiger partial charge in [0.15, 0.2) is 0 Å². The van der Waals surface area contributed by atoms with Gasteiger partial charge < -0.3 is 24.5 Å². The van der Waals surface area contributed by atoms with Gasteiger partial charge in [-0.25, -0.2) is 0 Å². The number of likely N-dealkylation sites (N-methyl/N-ethyl adjacent to an activating group) is 2. The molecule has 2 aliphatic rings. The molecular formula is C25H29N3O4. The lowest BCUT2D eigenvalue weighted by Crippen LogP contribution is -2.35. The van der Waals surface area contributed by atoms with Gasteiger partial charge in [0.1, 0.15) is 18.1 Å². The van der Waals surface area contributed by atoms with Crippen LogP contribution in [-0.4, -0.2) is 74.0 Å². The second-order valence-corrected chi connectivity index (χ2v) is 8.66. The lowest BCUT2D eigenvalue weighted by molar-refractivity contribution is -0.140. The molecule has 4 rings (SSSR count). The minimum atomic E-state index is -0.657. The van der Waals surface area contributed by atoms with Crippen molar-refractivity contribution >= 4 is 23.1 Å². The standard InChI is InChI=1S/C25H29N3O4/c1-16-6-5-7-17(14-16)22-21(24(30)25(31)28(22)11-10-26(2)3)23(29)18-8-9-20-19(15-18)27(4)12-13-32-20/h5-9,14-15,22,29H,10-13H2,1-4H3/b23-21-. The molecular weight excluding hydrogens is 406 g/mol. The van der Waals surface area contributed by atoms with Gasteiger partial charge in [0.25, 0.3) is 11.7 Å². The van der Waals surface area contributed by atoms with Gasteiger partial charge in [-0.1, -0.05) is 29.8 Å². The number of nitrogens with zero attached hydrogens (tertiary/aromatic N) is 3. The molecule has 7 nitrogen and oxygen atoms in total. The second kappa shape index (κ2) is 8.67. The number of rotatable bonds is 5. The third-order valence-electron chi connectivity index (χ3n) is 6.01. The fourth-order valence-corrected chi connectivity index (χ4v) is 4.26. The van der Waals surface area contributed by atoms with Crippen LogP contribution < -0.4 is 9.64 Å². The number of aryl methyl sites for hydroxylation is 1. The third kappa shape index (κ3) is 3.96. The van der Waals surface area contributed by atoms with Crippen LogP contribution in [0.4, 0.5) is 5.69 Å². The number of carbonyl (C=O) groups is 2. The van der Waals surface area contributed by atoms with Crippen molar-refractivity contribution in [2.75, 3.05) is 52.3 Å². The van der Waals surface area contributed by atoms with E-state index in [4.69, 9.17) is 4.74 Å². The van der Waals surface area contributed by atoms with Gasteiger partial charge >= 0.3 is 0 Å². The van der Waals surface area contributed by atoms with Crippen LogP contribution >= 0.6 is 0 Å². The minimum Gasteiger partial charge on any atom is -0.507 e. The lowest BCUT2D eigenvalue weighted by Gasteiger charge is -2.28. The minimum absolute atomic E-state index is 0.124.